The van der Waals surface area contributed by atoms with E-state index in [9.17, 15) is 4.79 Å². The van der Waals surface area contributed by atoms with Crippen molar-refractivity contribution in [3.63, 3.8) is 0 Å². The standard InChI is InChI=1S/C17H21N7O2/c1-23-3-4-24-17(23)13(9-21-24)16(26)22-12-6-11(7-12)14-8-15(18-2-5-25)20-10-19-14/h3-4,8-12,25H,2,5-7H2,1H3,(H,22,26)(H,18,19,20). The van der Waals surface area contributed by atoms with Crippen molar-refractivity contribution >= 4 is 17.4 Å². The van der Waals surface area contributed by atoms with Gasteiger partial charge in [-0.1, -0.05) is 0 Å². The summed E-state index contributed by atoms with van der Waals surface area (Å²) >= 11 is 0. The molecule has 4 rings (SSSR count). The van der Waals surface area contributed by atoms with Crippen molar-refractivity contribution in [3.8, 4) is 0 Å². The molecule has 0 aromatic carbocycles. The zero-order chi connectivity index (χ0) is 18.1. The molecule has 1 fully saturated rings. The molecule has 1 aliphatic carbocycles. The SMILES string of the molecule is Cn1ccn2ncc(C(=O)NC3CC(c4cc(NCCO)ncn4)C3)c12. The van der Waals surface area contributed by atoms with Gasteiger partial charge in [-0.05, 0) is 12.8 Å². The van der Waals surface area contributed by atoms with Crippen LogP contribution >= 0.6 is 0 Å². The Morgan fingerprint density at radius 2 is 2.19 bits per heavy atom. The number of carbonyl (C=O) groups excluding carboxylic acids is 1. The molecule has 3 N–H and O–H groups in total. The van der Waals surface area contributed by atoms with Crippen LogP contribution in [0, 0.1) is 0 Å². The van der Waals surface area contributed by atoms with Crippen LogP contribution in [0.4, 0.5) is 5.82 Å². The smallest absolute Gasteiger partial charge is 0.256 e. The van der Waals surface area contributed by atoms with Gasteiger partial charge in [-0.3, -0.25) is 4.79 Å². The molecule has 0 saturated heterocycles. The number of nitrogens with zero attached hydrogens (tertiary/aromatic N) is 5. The molecule has 9 nitrogen and oxygen atoms in total. The minimum atomic E-state index is -0.0989. The van der Waals surface area contributed by atoms with Crippen molar-refractivity contribution in [1.29, 1.82) is 0 Å². The van der Waals surface area contributed by atoms with Crippen LogP contribution < -0.4 is 10.6 Å². The Bertz CT molecular complexity index is 926. The van der Waals surface area contributed by atoms with Gasteiger partial charge < -0.3 is 20.3 Å². The van der Waals surface area contributed by atoms with E-state index >= 15 is 0 Å². The highest BCUT2D eigenvalue weighted by molar-refractivity contribution is 6.00. The number of aliphatic hydroxyl groups is 1. The van der Waals surface area contributed by atoms with Crippen molar-refractivity contribution in [2.24, 2.45) is 7.05 Å². The molecule has 9 heteroatoms. The molecule has 26 heavy (non-hydrogen) atoms. The van der Waals surface area contributed by atoms with E-state index in [2.05, 4.69) is 25.7 Å². The second-order valence-electron chi connectivity index (χ2n) is 6.55. The van der Waals surface area contributed by atoms with Gasteiger partial charge in [-0.25, -0.2) is 14.5 Å². The summed E-state index contributed by atoms with van der Waals surface area (Å²) in [4.78, 5) is 21.0. The molecule has 136 valence electrons. The first-order chi connectivity index (χ1) is 12.7. The van der Waals surface area contributed by atoms with Gasteiger partial charge in [0.1, 0.15) is 23.4 Å². The van der Waals surface area contributed by atoms with Gasteiger partial charge >= 0.3 is 0 Å². The van der Waals surface area contributed by atoms with Gasteiger partial charge in [-0.15, -0.1) is 0 Å². The van der Waals surface area contributed by atoms with Crippen molar-refractivity contribution in [2.75, 3.05) is 18.5 Å². The third-order valence-corrected chi connectivity index (χ3v) is 4.78. The predicted molar refractivity (Wildman–Crippen MR) is 95.0 cm³/mol. The number of rotatable bonds is 6. The summed E-state index contributed by atoms with van der Waals surface area (Å²) in [6.45, 7) is 0.513. The summed E-state index contributed by atoms with van der Waals surface area (Å²) in [7, 11) is 1.89. The number of anilines is 1. The van der Waals surface area contributed by atoms with Crippen LogP contribution in [-0.4, -0.2) is 54.4 Å². The number of aromatic nitrogens is 5. The highest BCUT2D eigenvalue weighted by atomic mass is 16.3. The zero-order valence-electron chi connectivity index (χ0n) is 14.5. The fourth-order valence-corrected chi connectivity index (χ4v) is 3.33. The lowest BCUT2D eigenvalue weighted by Gasteiger charge is -2.35. The molecule has 0 radical (unpaired) electrons. The lowest BCUT2D eigenvalue weighted by atomic mass is 9.78. The van der Waals surface area contributed by atoms with Crippen molar-refractivity contribution in [3.05, 3.63) is 42.2 Å². The van der Waals surface area contributed by atoms with Gasteiger partial charge in [0.15, 0.2) is 0 Å². The molecule has 0 aliphatic heterocycles. The molecule has 0 unspecified atom stereocenters. The van der Waals surface area contributed by atoms with Crippen molar-refractivity contribution in [1.82, 2.24) is 29.5 Å². The summed E-state index contributed by atoms with van der Waals surface area (Å²) in [6, 6.07) is 2.04. The lowest BCUT2D eigenvalue weighted by Crippen LogP contribution is -2.43. The number of aryl methyl sites for hydroxylation is 1. The summed E-state index contributed by atoms with van der Waals surface area (Å²) < 4.78 is 3.58. The number of hydrogen-bond acceptors (Lipinski definition) is 6. The van der Waals surface area contributed by atoms with E-state index in [0.29, 0.717) is 23.8 Å². The Hall–Kier alpha value is -2.94. The predicted octanol–water partition coefficient (Wildman–Crippen LogP) is 0.543. The van der Waals surface area contributed by atoms with Crippen molar-refractivity contribution < 1.29 is 9.90 Å². The van der Waals surface area contributed by atoms with E-state index in [1.807, 2.05) is 30.1 Å². The van der Waals surface area contributed by atoms with Gasteiger partial charge in [0.2, 0.25) is 0 Å². The fourth-order valence-electron chi connectivity index (χ4n) is 3.33. The third kappa shape index (κ3) is 3.01. The van der Waals surface area contributed by atoms with E-state index in [-0.39, 0.29) is 18.6 Å². The molecule has 3 heterocycles. The highest BCUT2D eigenvalue weighted by Crippen LogP contribution is 2.36. The van der Waals surface area contributed by atoms with Crippen LogP contribution in [0.2, 0.25) is 0 Å². The number of carbonyl (C=O) groups is 1. The summed E-state index contributed by atoms with van der Waals surface area (Å²) in [5.74, 6) is 0.918. The van der Waals surface area contributed by atoms with Crippen LogP contribution in [0.15, 0.2) is 31.0 Å². The first-order valence-corrected chi connectivity index (χ1v) is 8.62. The van der Waals surface area contributed by atoms with Gasteiger partial charge in [0.25, 0.3) is 5.91 Å². The molecular formula is C17H21N7O2. The van der Waals surface area contributed by atoms with E-state index in [1.165, 1.54) is 6.33 Å². The number of aliphatic hydroxyl groups excluding tert-OH is 1. The summed E-state index contributed by atoms with van der Waals surface area (Å²) in [6.07, 6.45) is 8.52. The molecule has 1 amide bonds. The molecule has 0 atom stereocenters. The third-order valence-electron chi connectivity index (χ3n) is 4.78. The van der Waals surface area contributed by atoms with E-state index in [1.54, 1.807) is 10.7 Å². The number of hydrogen-bond donors (Lipinski definition) is 3. The number of imidazole rings is 1. The fraction of sp³-hybridized carbons (Fsp3) is 0.412. The maximum atomic E-state index is 12.6. The van der Waals surface area contributed by atoms with E-state index in [0.717, 1.165) is 24.2 Å². The zero-order valence-corrected chi connectivity index (χ0v) is 14.5. The average molecular weight is 355 g/mol. The molecule has 3 aromatic heterocycles. The Morgan fingerprint density at radius 1 is 1.35 bits per heavy atom. The largest absolute Gasteiger partial charge is 0.395 e. The Kier molecular flexibility index (Phi) is 4.29. The van der Waals surface area contributed by atoms with Crippen LogP contribution in [0.3, 0.4) is 0 Å². The number of amides is 1. The van der Waals surface area contributed by atoms with Crippen LogP contribution in [-0.2, 0) is 7.05 Å². The lowest BCUT2D eigenvalue weighted by molar-refractivity contribution is 0.0909. The maximum Gasteiger partial charge on any atom is 0.256 e. The topological polar surface area (TPSA) is 109 Å². The first-order valence-electron chi connectivity index (χ1n) is 8.62. The second-order valence-corrected chi connectivity index (χ2v) is 6.55. The van der Waals surface area contributed by atoms with Crippen LogP contribution in [0.25, 0.3) is 5.65 Å². The van der Waals surface area contributed by atoms with Gasteiger partial charge in [-0.2, -0.15) is 5.10 Å². The monoisotopic (exact) mass is 355 g/mol. The Labute approximate surface area is 150 Å². The van der Waals surface area contributed by atoms with Crippen molar-refractivity contribution in [2.45, 2.75) is 24.8 Å². The number of fused-ring (bicyclic) bond motifs is 1. The molecule has 1 aliphatic rings. The molecule has 1 saturated carbocycles. The van der Waals surface area contributed by atoms with E-state index < -0.39 is 0 Å². The Morgan fingerprint density at radius 3 is 3.00 bits per heavy atom. The maximum absolute atomic E-state index is 12.6. The minimum absolute atomic E-state index is 0.0557. The molecule has 0 spiro atoms. The molecular weight excluding hydrogens is 334 g/mol. The second kappa shape index (κ2) is 6.75. The average Bonchev–Trinajstić information content (AvgIpc) is 3.19. The Balaban J connectivity index is 1.36. The summed E-state index contributed by atoms with van der Waals surface area (Å²) in [5.41, 5.74) is 2.33. The van der Waals surface area contributed by atoms with E-state index in [4.69, 9.17) is 5.11 Å². The van der Waals surface area contributed by atoms with Crippen LogP contribution in [0.1, 0.15) is 34.8 Å². The first kappa shape index (κ1) is 16.5. The number of nitrogens with one attached hydrogen (secondary N) is 2. The van der Waals surface area contributed by atoms with Gasteiger partial charge in [0.05, 0.1) is 12.8 Å². The normalized spacial score (nSPS) is 19.3. The minimum Gasteiger partial charge on any atom is -0.395 e. The summed E-state index contributed by atoms with van der Waals surface area (Å²) in [5, 5.41) is 19.2. The molecule has 3 aromatic rings. The van der Waals surface area contributed by atoms with Gasteiger partial charge in [0, 0.05) is 49.7 Å². The van der Waals surface area contributed by atoms with Crippen LogP contribution in [0.5, 0.6) is 0 Å². The molecule has 0 bridgehead atoms. The highest BCUT2D eigenvalue weighted by Gasteiger charge is 2.33. The quantitative estimate of drug-likeness (QED) is 0.595.